The molecule has 1 N–H and O–H groups in total. The van der Waals surface area contributed by atoms with Crippen LogP contribution in [0.4, 0.5) is 0 Å². The summed E-state index contributed by atoms with van der Waals surface area (Å²) in [5.74, 6) is 2.84. The largest absolute Gasteiger partial charge is 0.472 e. The lowest BCUT2D eigenvalue weighted by Gasteiger charge is -2.25. The average Bonchev–Trinajstić information content (AvgIpc) is 2.72. The van der Waals surface area contributed by atoms with Crippen molar-refractivity contribution in [1.82, 2.24) is 0 Å². The van der Waals surface area contributed by atoms with E-state index in [1.165, 1.54) is 18.6 Å². The van der Waals surface area contributed by atoms with Crippen molar-refractivity contribution in [3.8, 4) is 0 Å². The van der Waals surface area contributed by atoms with Gasteiger partial charge in [-0.1, -0.05) is 0 Å². The molecule has 2 nitrogen and oxygen atoms in total. The summed E-state index contributed by atoms with van der Waals surface area (Å²) in [4.78, 5) is 0. The summed E-state index contributed by atoms with van der Waals surface area (Å²) < 4.78 is 4.99. The zero-order chi connectivity index (χ0) is 9.80. The Morgan fingerprint density at radius 2 is 2.57 bits per heavy atom. The number of aliphatic hydroxyl groups excluding tert-OH is 1. The first kappa shape index (κ1) is 10.1. The standard InChI is InChI=1S/C11H16O2S/c12-11(6-9-3-4-13-7-9)10-2-1-5-14-8-10/h3-4,7,10-12H,1-2,5-6,8H2. The minimum absolute atomic E-state index is 0.194. The zero-order valence-electron chi connectivity index (χ0n) is 8.19. The van der Waals surface area contributed by atoms with Gasteiger partial charge in [0.2, 0.25) is 0 Å². The monoisotopic (exact) mass is 212 g/mol. The van der Waals surface area contributed by atoms with Crippen LogP contribution < -0.4 is 0 Å². The topological polar surface area (TPSA) is 33.4 Å². The molecule has 0 spiro atoms. The summed E-state index contributed by atoms with van der Waals surface area (Å²) in [6.45, 7) is 0. The molecule has 1 saturated heterocycles. The Labute approximate surface area is 88.7 Å². The summed E-state index contributed by atoms with van der Waals surface area (Å²) in [6, 6.07) is 1.93. The van der Waals surface area contributed by atoms with E-state index in [9.17, 15) is 5.11 Å². The van der Waals surface area contributed by atoms with Crippen LogP contribution in [0.15, 0.2) is 23.0 Å². The van der Waals surface area contributed by atoms with Crippen molar-refractivity contribution in [2.45, 2.75) is 25.4 Å². The third-order valence-electron chi connectivity index (χ3n) is 2.76. The minimum atomic E-state index is -0.194. The maximum absolute atomic E-state index is 9.99. The fraction of sp³-hybridized carbons (Fsp3) is 0.636. The molecular formula is C11H16O2S. The highest BCUT2D eigenvalue weighted by Gasteiger charge is 2.22. The highest BCUT2D eigenvalue weighted by atomic mass is 32.2. The average molecular weight is 212 g/mol. The predicted molar refractivity (Wildman–Crippen MR) is 58.5 cm³/mol. The predicted octanol–water partition coefficient (Wildman–Crippen LogP) is 2.33. The lowest BCUT2D eigenvalue weighted by Crippen LogP contribution is -2.27. The summed E-state index contributed by atoms with van der Waals surface area (Å²) in [6.07, 6.45) is 6.35. The molecule has 1 aliphatic rings. The van der Waals surface area contributed by atoms with Gasteiger partial charge in [0.1, 0.15) is 0 Å². The first-order chi connectivity index (χ1) is 6.86. The Balaban J connectivity index is 1.85. The van der Waals surface area contributed by atoms with E-state index in [0.717, 1.165) is 17.7 Å². The van der Waals surface area contributed by atoms with Crippen LogP contribution in [0, 0.1) is 5.92 Å². The van der Waals surface area contributed by atoms with Gasteiger partial charge in [-0.15, -0.1) is 0 Å². The number of furan rings is 1. The summed E-state index contributed by atoms with van der Waals surface area (Å²) in [5.41, 5.74) is 1.10. The molecule has 2 heterocycles. The summed E-state index contributed by atoms with van der Waals surface area (Å²) >= 11 is 1.96. The molecule has 2 unspecified atom stereocenters. The van der Waals surface area contributed by atoms with Gasteiger partial charge in [-0.2, -0.15) is 11.8 Å². The van der Waals surface area contributed by atoms with E-state index in [4.69, 9.17) is 4.42 Å². The molecule has 0 aromatic carbocycles. The fourth-order valence-electron chi connectivity index (χ4n) is 1.89. The van der Waals surface area contributed by atoms with E-state index in [-0.39, 0.29) is 6.10 Å². The third kappa shape index (κ3) is 2.55. The lowest BCUT2D eigenvalue weighted by molar-refractivity contribution is 0.112. The second kappa shape index (κ2) is 4.89. The van der Waals surface area contributed by atoms with Gasteiger partial charge >= 0.3 is 0 Å². The number of hydrogen-bond acceptors (Lipinski definition) is 3. The molecule has 0 aliphatic carbocycles. The van der Waals surface area contributed by atoms with E-state index < -0.39 is 0 Å². The van der Waals surface area contributed by atoms with Gasteiger partial charge in [-0.3, -0.25) is 0 Å². The molecule has 78 valence electrons. The molecule has 1 fully saturated rings. The Morgan fingerprint density at radius 1 is 1.64 bits per heavy atom. The molecule has 3 heteroatoms. The molecule has 1 aliphatic heterocycles. The van der Waals surface area contributed by atoms with E-state index in [2.05, 4.69) is 0 Å². The van der Waals surface area contributed by atoms with Gasteiger partial charge in [0.25, 0.3) is 0 Å². The number of hydrogen-bond donors (Lipinski definition) is 1. The maximum atomic E-state index is 9.99. The molecule has 2 rings (SSSR count). The Morgan fingerprint density at radius 3 is 3.21 bits per heavy atom. The molecular weight excluding hydrogens is 196 g/mol. The van der Waals surface area contributed by atoms with Gasteiger partial charge < -0.3 is 9.52 Å². The van der Waals surface area contributed by atoms with Crippen LogP contribution in [0.1, 0.15) is 18.4 Å². The van der Waals surface area contributed by atoms with Crippen molar-refractivity contribution in [2.24, 2.45) is 5.92 Å². The van der Waals surface area contributed by atoms with Gasteiger partial charge in [-0.25, -0.2) is 0 Å². The highest BCUT2D eigenvalue weighted by Crippen LogP contribution is 2.26. The second-order valence-corrected chi connectivity index (χ2v) is 5.03. The molecule has 1 aromatic heterocycles. The number of rotatable bonds is 3. The second-order valence-electron chi connectivity index (χ2n) is 3.88. The maximum Gasteiger partial charge on any atom is 0.0935 e. The van der Waals surface area contributed by atoms with Crippen LogP contribution in [0.3, 0.4) is 0 Å². The molecule has 2 atom stereocenters. The summed E-state index contributed by atoms with van der Waals surface area (Å²) in [7, 11) is 0. The third-order valence-corrected chi connectivity index (χ3v) is 4.01. The van der Waals surface area contributed by atoms with Gasteiger partial charge in [0.05, 0.1) is 18.6 Å². The SMILES string of the molecule is OC(Cc1ccoc1)C1CCCSC1. The van der Waals surface area contributed by atoms with Crippen LogP contribution in [0.2, 0.25) is 0 Å². The highest BCUT2D eigenvalue weighted by molar-refractivity contribution is 7.99. The molecule has 14 heavy (non-hydrogen) atoms. The molecule has 0 saturated carbocycles. The fourth-order valence-corrected chi connectivity index (χ4v) is 3.12. The van der Waals surface area contributed by atoms with E-state index in [1.807, 2.05) is 17.8 Å². The van der Waals surface area contributed by atoms with Crippen molar-refractivity contribution in [2.75, 3.05) is 11.5 Å². The zero-order valence-corrected chi connectivity index (χ0v) is 9.00. The van der Waals surface area contributed by atoms with Crippen LogP contribution in [0.25, 0.3) is 0 Å². The molecule has 0 bridgehead atoms. The van der Waals surface area contributed by atoms with E-state index >= 15 is 0 Å². The molecule has 1 aromatic rings. The van der Waals surface area contributed by atoms with E-state index in [0.29, 0.717) is 5.92 Å². The number of thioether (sulfide) groups is 1. The summed E-state index contributed by atoms with van der Waals surface area (Å²) in [5, 5.41) is 9.99. The van der Waals surface area contributed by atoms with Gasteiger partial charge in [0.15, 0.2) is 0 Å². The van der Waals surface area contributed by atoms with Crippen LogP contribution in [-0.2, 0) is 6.42 Å². The Bertz CT molecular complexity index is 252. The molecule has 0 radical (unpaired) electrons. The quantitative estimate of drug-likeness (QED) is 0.834. The smallest absolute Gasteiger partial charge is 0.0935 e. The van der Waals surface area contributed by atoms with Crippen LogP contribution >= 0.6 is 11.8 Å². The van der Waals surface area contributed by atoms with Crippen LogP contribution in [-0.4, -0.2) is 22.7 Å². The number of aliphatic hydroxyl groups is 1. The Hall–Kier alpha value is -0.410. The van der Waals surface area contributed by atoms with Crippen molar-refractivity contribution in [3.05, 3.63) is 24.2 Å². The van der Waals surface area contributed by atoms with Crippen molar-refractivity contribution < 1.29 is 9.52 Å². The first-order valence-corrected chi connectivity index (χ1v) is 6.28. The van der Waals surface area contributed by atoms with Crippen molar-refractivity contribution >= 4 is 11.8 Å². The van der Waals surface area contributed by atoms with Crippen molar-refractivity contribution in [1.29, 1.82) is 0 Å². The lowest BCUT2D eigenvalue weighted by atomic mass is 9.94. The first-order valence-electron chi connectivity index (χ1n) is 5.13. The normalized spacial score (nSPS) is 24.8. The minimum Gasteiger partial charge on any atom is -0.472 e. The van der Waals surface area contributed by atoms with Crippen LogP contribution in [0.5, 0.6) is 0 Å². The van der Waals surface area contributed by atoms with Gasteiger partial charge in [-0.05, 0) is 41.9 Å². The van der Waals surface area contributed by atoms with Crippen molar-refractivity contribution in [3.63, 3.8) is 0 Å². The van der Waals surface area contributed by atoms with Gasteiger partial charge in [0, 0.05) is 6.42 Å². The van der Waals surface area contributed by atoms with E-state index in [1.54, 1.807) is 12.5 Å². The Kier molecular flexibility index (Phi) is 3.54. The molecule has 0 amide bonds.